The van der Waals surface area contributed by atoms with Gasteiger partial charge in [-0.15, -0.1) is 0 Å². The quantitative estimate of drug-likeness (QED) is 0.758. The van der Waals surface area contributed by atoms with Crippen LogP contribution in [0, 0.1) is 0 Å². The van der Waals surface area contributed by atoms with Gasteiger partial charge in [-0.05, 0) is 53.2 Å². The van der Waals surface area contributed by atoms with Crippen molar-refractivity contribution >= 4 is 39.4 Å². The van der Waals surface area contributed by atoms with Crippen LogP contribution in [0.1, 0.15) is 27.6 Å². The first-order valence-corrected chi connectivity index (χ1v) is 7.68. The largest absolute Gasteiger partial charge is 0.449 e. The second kappa shape index (κ2) is 7.69. The van der Waals surface area contributed by atoms with Gasteiger partial charge >= 0.3 is 5.97 Å². The Morgan fingerprint density at radius 3 is 2.42 bits per heavy atom. The Bertz CT molecular complexity index is 777. The standard InChI is InChI=1S/C16H14BrN3O4/c1-9(24-16(23)11-6-12(17)8-19-7-11)15(22)20-13-4-2-10(3-5-13)14(18)21/h2-9H,1H3,(H2,18,21)(H,20,22)/t9-/m1/s1. The van der Waals surface area contributed by atoms with Crippen molar-refractivity contribution < 1.29 is 19.1 Å². The SMILES string of the molecule is C[C@@H](OC(=O)c1cncc(Br)c1)C(=O)Nc1ccc(C(N)=O)cc1. The number of hydrogen-bond acceptors (Lipinski definition) is 5. The number of carbonyl (C=O) groups excluding carboxylic acids is 3. The lowest BCUT2D eigenvalue weighted by Gasteiger charge is -2.13. The van der Waals surface area contributed by atoms with E-state index < -0.39 is 23.9 Å². The van der Waals surface area contributed by atoms with E-state index in [2.05, 4.69) is 26.2 Å². The molecule has 7 nitrogen and oxygen atoms in total. The maximum atomic E-state index is 12.1. The zero-order chi connectivity index (χ0) is 17.7. The number of rotatable bonds is 5. The highest BCUT2D eigenvalue weighted by Crippen LogP contribution is 2.13. The molecule has 1 atom stereocenters. The van der Waals surface area contributed by atoms with Crippen molar-refractivity contribution in [3.8, 4) is 0 Å². The third kappa shape index (κ3) is 4.63. The maximum Gasteiger partial charge on any atom is 0.340 e. The molecular formula is C16H14BrN3O4. The number of carbonyl (C=O) groups is 3. The summed E-state index contributed by atoms with van der Waals surface area (Å²) in [6, 6.07) is 7.58. The van der Waals surface area contributed by atoms with Gasteiger partial charge in [0, 0.05) is 28.1 Å². The molecule has 24 heavy (non-hydrogen) atoms. The first-order valence-electron chi connectivity index (χ1n) is 6.89. The Morgan fingerprint density at radius 2 is 1.83 bits per heavy atom. The van der Waals surface area contributed by atoms with E-state index in [0.717, 1.165) is 0 Å². The summed E-state index contributed by atoms with van der Waals surface area (Å²) in [4.78, 5) is 38.9. The number of ether oxygens (including phenoxy) is 1. The molecule has 0 radical (unpaired) electrons. The van der Waals surface area contributed by atoms with E-state index in [1.165, 1.54) is 43.6 Å². The predicted octanol–water partition coefficient (Wildman–Crippen LogP) is 2.13. The molecule has 0 fully saturated rings. The molecule has 0 aliphatic heterocycles. The van der Waals surface area contributed by atoms with Crippen LogP contribution in [-0.4, -0.2) is 28.9 Å². The minimum absolute atomic E-state index is 0.231. The lowest BCUT2D eigenvalue weighted by Crippen LogP contribution is -2.30. The third-order valence-corrected chi connectivity index (χ3v) is 3.46. The Balaban J connectivity index is 1.96. The van der Waals surface area contributed by atoms with Crippen molar-refractivity contribution in [2.45, 2.75) is 13.0 Å². The Hall–Kier alpha value is -2.74. The highest BCUT2D eigenvalue weighted by Gasteiger charge is 2.19. The number of anilines is 1. The van der Waals surface area contributed by atoms with E-state index in [4.69, 9.17) is 10.5 Å². The van der Waals surface area contributed by atoms with E-state index >= 15 is 0 Å². The number of nitrogens with two attached hydrogens (primary N) is 1. The molecular weight excluding hydrogens is 378 g/mol. The molecule has 2 aromatic rings. The molecule has 2 rings (SSSR count). The molecule has 0 bridgehead atoms. The highest BCUT2D eigenvalue weighted by atomic mass is 79.9. The predicted molar refractivity (Wildman–Crippen MR) is 90.4 cm³/mol. The number of pyridine rings is 1. The fraction of sp³-hybridized carbons (Fsp3) is 0.125. The summed E-state index contributed by atoms with van der Waals surface area (Å²) in [6.45, 7) is 1.45. The van der Waals surface area contributed by atoms with Gasteiger partial charge in [0.1, 0.15) is 0 Å². The molecule has 1 heterocycles. The number of nitrogens with one attached hydrogen (secondary N) is 1. The van der Waals surface area contributed by atoms with Crippen LogP contribution in [0.2, 0.25) is 0 Å². The topological polar surface area (TPSA) is 111 Å². The van der Waals surface area contributed by atoms with E-state index in [-0.39, 0.29) is 5.56 Å². The fourth-order valence-electron chi connectivity index (χ4n) is 1.77. The van der Waals surface area contributed by atoms with Gasteiger partial charge < -0.3 is 15.8 Å². The summed E-state index contributed by atoms with van der Waals surface area (Å²) >= 11 is 3.20. The van der Waals surface area contributed by atoms with Crippen LogP contribution in [0.15, 0.2) is 47.2 Å². The van der Waals surface area contributed by atoms with Gasteiger partial charge in [0.15, 0.2) is 6.10 Å². The first kappa shape index (κ1) is 17.6. The second-order valence-electron chi connectivity index (χ2n) is 4.87. The summed E-state index contributed by atoms with van der Waals surface area (Å²) in [5.74, 6) is -1.72. The van der Waals surface area contributed by atoms with Crippen LogP contribution < -0.4 is 11.1 Å². The average molecular weight is 392 g/mol. The number of hydrogen-bond donors (Lipinski definition) is 2. The fourth-order valence-corrected chi connectivity index (χ4v) is 2.13. The first-order chi connectivity index (χ1) is 11.4. The molecule has 1 aromatic heterocycles. The van der Waals surface area contributed by atoms with E-state index in [0.29, 0.717) is 15.7 Å². The van der Waals surface area contributed by atoms with Crippen LogP contribution in [0.3, 0.4) is 0 Å². The van der Waals surface area contributed by atoms with Gasteiger partial charge in [-0.25, -0.2) is 4.79 Å². The third-order valence-electron chi connectivity index (χ3n) is 3.03. The average Bonchev–Trinajstić information content (AvgIpc) is 2.55. The number of aromatic nitrogens is 1. The van der Waals surface area contributed by atoms with Crippen LogP contribution in [-0.2, 0) is 9.53 Å². The number of amides is 2. The number of primary amides is 1. The van der Waals surface area contributed by atoms with Gasteiger partial charge in [-0.1, -0.05) is 0 Å². The van der Waals surface area contributed by atoms with Gasteiger partial charge in [-0.3, -0.25) is 14.6 Å². The number of esters is 1. The van der Waals surface area contributed by atoms with E-state index in [1.54, 1.807) is 6.07 Å². The van der Waals surface area contributed by atoms with Gasteiger partial charge in [0.05, 0.1) is 5.56 Å². The molecule has 0 aliphatic carbocycles. The lowest BCUT2D eigenvalue weighted by molar-refractivity contribution is -0.123. The molecule has 8 heteroatoms. The maximum absolute atomic E-state index is 12.1. The molecule has 124 valence electrons. The monoisotopic (exact) mass is 391 g/mol. The Morgan fingerprint density at radius 1 is 1.17 bits per heavy atom. The van der Waals surface area contributed by atoms with Crippen molar-refractivity contribution in [1.82, 2.24) is 4.98 Å². The minimum Gasteiger partial charge on any atom is -0.449 e. The molecule has 0 spiro atoms. The zero-order valence-electron chi connectivity index (χ0n) is 12.7. The van der Waals surface area contributed by atoms with Gasteiger partial charge in [0.2, 0.25) is 5.91 Å². The smallest absolute Gasteiger partial charge is 0.340 e. The normalized spacial score (nSPS) is 11.4. The molecule has 3 N–H and O–H groups in total. The summed E-state index contributed by atoms with van der Waals surface area (Å²) in [7, 11) is 0. The molecule has 0 saturated carbocycles. The summed E-state index contributed by atoms with van der Waals surface area (Å²) in [6.07, 6.45) is 1.87. The summed E-state index contributed by atoms with van der Waals surface area (Å²) in [5.41, 5.74) is 6.16. The highest BCUT2D eigenvalue weighted by molar-refractivity contribution is 9.10. The van der Waals surface area contributed by atoms with Crippen molar-refractivity contribution in [3.05, 3.63) is 58.3 Å². The van der Waals surface area contributed by atoms with Crippen molar-refractivity contribution in [2.75, 3.05) is 5.32 Å². The number of benzene rings is 1. The number of halogens is 1. The Labute approximate surface area is 146 Å². The van der Waals surface area contributed by atoms with Crippen molar-refractivity contribution in [2.24, 2.45) is 5.73 Å². The van der Waals surface area contributed by atoms with E-state index in [1.807, 2.05) is 0 Å². The van der Waals surface area contributed by atoms with Crippen LogP contribution in [0.4, 0.5) is 5.69 Å². The molecule has 0 aliphatic rings. The summed E-state index contributed by atoms with van der Waals surface area (Å²) < 4.78 is 5.73. The Kier molecular flexibility index (Phi) is 5.64. The lowest BCUT2D eigenvalue weighted by atomic mass is 10.2. The van der Waals surface area contributed by atoms with Crippen molar-refractivity contribution in [3.63, 3.8) is 0 Å². The minimum atomic E-state index is -1.01. The van der Waals surface area contributed by atoms with Gasteiger partial charge in [-0.2, -0.15) is 0 Å². The molecule has 0 saturated heterocycles. The molecule has 2 amide bonds. The molecule has 0 unspecified atom stereocenters. The van der Waals surface area contributed by atoms with E-state index in [9.17, 15) is 14.4 Å². The van der Waals surface area contributed by atoms with Gasteiger partial charge in [0.25, 0.3) is 5.91 Å². The van der Waals surface area contributed by atoms with Crippen LogP contribution in [0.5, 0.6) is 0 Å². The van der Waals surface area contributed by atoms with Crippen molar-refractivity contribution in [1.29, 1.82) is 0 Å². The zero-order valence-corrected chi connectivity index (χ0v) is 14.2. The summed E-state index contributed by atoms with van der Waals surface area (Å²) in [5, 5.41) is 2.58. The van der Waals surface area contributed by atoms with Crippen LogP contribution >= 0.6 is 15.9 Å². The second-order valence-corrected chi connectivity index (χ2v) is 5.79. The van der Waals surface area contributed by atoms with Crippen LogP contribution in [0.25, 0.3) is 0 Å². The molecule has 1 aromatic carbocycles. The number of nitrogens with zero attached hydrogens (tertiary/aromatic N) is 1.